The van der Waals surface area contributed by atoms with Crippen molar-refractivity contribution in [2.45, 2.75) is 44.9 Å². The largest absolute Gasteiger partial charge is 0.396 e. The zero-order chi connectivity index (χ0) is 16.3. The number of imidazole rings is 1. The number of rotatable bonds is 2. The molecule has 0 radical (unpaired) electrons. The van der Waals surface area contributed by atoms with Crippen molar-refractivity contribution in [2.75, 3.05) is 6.61 Å². The molecular weight excluding hydrogens is 308 g/mol. The van der Waals surface area contributed by atoms with Gasteiger partial charge in [0.1, 0.15) is 11.8 Å². The maximum absolute atomic E-state index is 9.17. The van der Waals surface area contributed by atoms with Gasteiger partial charge in [0.15, 0.2) is 16.6 Å². The van der Waals surface area contributed by atoms with Gasteiger partial charge >= 0.3 is 0 Å². The molecule has 0 bridgehead atoms. The molecule has 3 rings (SSSR count). The predicted octanol–water partition coefficient (Wildman–Crippen LogP) is 1.52. The smallest absolute Gasteiger partial charge is 0.165 e. The summed E-state index contributed by atoms with van der Waals surface area (Å²) in [6.45, 7) is 2.86. The van der Waals surface area contributed by atoms with Gasteiger partial charge in [0.2, 0.25) is 0 Å². The van der Waals surface area contributed by atoms with E-state index in [0.29, 0.717) is 22.6 Å². The lowest BCUT2D eigenvalue weighted by Gasteiger charge is -2.12. The summed E-state index contributed by atoms with van der Waals surface area (Å²) >= 11 is 5.97. The number of hydrogen-bond acceptors (Lipinski definition) is 6. The SMILES string of the molecule is CC(C)(O)O.OCC1CCC(n2cnc3c(Cl)ncnc32)C1. The molecule has 1 aliphatic carbocycles. The lowest BCUT2D eigenvalue weighted by Crippen LogP contribution is -2.15. The van der Waals surface area contributed by atoms with Crippen LogP contribution in [-0.4, -0.2) is 47.2 Å². The highest BCUT2D eigenvalue weighted by molar-refractivity contribution is 6.33. The first-order valence-electron chi connectivity index (χ1n) is 7.18. The normalized spacial score (nSPS) is 21.7. The van der Waals surface area contributed by atoms with E-state index in [4.69, 9.17) is 26.9 Å². The molecule has 0 aliphatic heterocycles. The molecule has 2 unspecified atom stereocenters. The van der Waals surface area contributed by atoms with Gasteiger partial charge in [-0.25, -0.2) is 15.0 Å². The fraction of sp³-hybridized carbons (Fsp3) is 0.643. The fourth-order valence-electron chi connectivity index (χ4n) is 2.56. The van der Waals surface area contributed by atoms with Crippen LogP contribution in [0.5, 0.6) is 0 Å². The van der Waals surface area contributed by atoms with Gasteiger partial charge in [-0.05, 0) is 39.0 Å². The van der Waals surface area contributed by atoms with Crippen LogP contribution in [0, 0.1) is 5.92 Å². The van der Waals surface area contributed by atoms with E-state index in [9.17, 15) is 0 Å². The molecule has 0 spiro atoms. The highest BCUT2D eigenvalue weighted by atomic mass is 35.5. The Balaban J connectivity index is 0.000000309. The van der Waals surface area contributed by atoms with Gasteiger partial charge in [-0.15, -0.1) is 0 Å². The Labute approximate surface area is 133 Å². The third-order valence-corrected chi connectivity index (χ3v) is 3.76. The second-order valence-corrected chi connectivity index (χ2v) is 6.36. The van der Waals surface area contributed by atoms with Crippen LogP contribution < -0.4 is 0 Å². The van der Waals surface area contributed by atoms with Gasteiger partial charge in [-0.1, -0.05) is 11.6 Å². The fourth-order valence-corrected chi connectivity index (χ4v) is 2.73. The van der Waals surface area contributed by atoms with Crippen LogP contribution in [0.4, 0.5) is 0 Å². The van der Waals surface area contributed by atoms with E-state index in [2.05, 4.69) is 19.5 Å². The molecule has 0 amide bonds. The third-order valence-electron chi connectivity index (χ3n) is 3.48. The van der Waals surface area contributed by atoms with E-state index in [1.54, 1.807) is 6.33 Å². The molecular formula is C14H21ClN4O3. The summed E-state index contributed by atoms with van der Waals surface area (Å²) in [5.41, 5.74) is 1.44. The zero-order valence-electron chi connectivity index (χ0n) is 12.6. The number of aromatic nitrogens is 4. The van der Waals surface area contributed by atoms with E-state index in [1.807, 2.05) is 0 Å². The number of halogens is 1. The van der Waals surface area contributed by atoms with Gasteiger partial charge in [0, 0.05) is 12.6 Å². The Morgan fingerprint density at radius 1 is 1.27 bits per heavy atom. The van der Waals surface area contributed by atoms with Crippen molar-refractivity contribution in [3.05, 3.63) is 17.8 Å². The summed E-state index contributed by atoms with van der Waals surface area (Å²) in [6.07, 6.45) is 6.32. The van der Waals surface area contributed by atoms with Gasteiger partial charge in [0.05, 0.1) is 6.33 Å². The minimum Gasteiger partial charge on any atom is -0.396 e. The van der Waals surface area contributed by atoms with E-state index in [0.717, 1.165) is 24.9 Å². The average molecular weight is 329 g/mol. The quantitative estimate of drug-likeness (QED) is 0.570. The van der Waals surface area contributed by atoms with Crippen LogP contribution >= 0.6 is 11.6 Å². The Morgan fingerprint density at radius 3 is 2.55 bits per heavy atom. The summed E-state index contributed by atoms with van der Waals surface area (Å²) in [5, 5.41) is 25.7. The molecule has 2 aromatic heterocycles. The maximum Gasteiger partial charge on any atom is 0.165 e. The summed E-state index contributed by atoms with van der Waals surface area (Å²) < 4.78 is 2.05. The minimum atomic E-state index is -1.50. The van der Waals surface area contributed by atoms with Gasteiger partial charge in [0.25, 0.3) is 0 Å². The minimum absolute atomic E-state index is 0.263. The molecule has 0 aromatic carbocycles. The first-order valence-corrected chi connectivity index (χ1v) is 7.56. The van der Waals surface area contributed by atoms with Crippen molar-refractivity contribution in [1.82, 2.24) is 19.5 Å². The van der Waals surface area contributed by atoms with Gasteiger partial charge in [-0.3, -0.25) is 0 Å². The van der Waals surface area contributed by atoms with Gasteiger partial charge < -0.3 is 19.9 Å². The highest BCUT2D eigenvalue weighted by Gasteiger charge is 2.26. The van der Waals surface area contributed by atoms with E-state index in [-0.39, 0.29) is 6.61 Å². The van der Waals surface area contributed by atoms with Crippen LogP contribution in [0.3, 0.4) is 0 Å². The second-order valence-electron chi connectivity index (χ2n) is 6.00. The molecule has 122 valence electrons. The Hall–Kier alpha value is -1.28. The highest BCUT2D eigenvalue weighted by Crippen LogP contribution is 2.35. The topological polar surface area (TPSA) is 104 Å². The first-order chi connectivity index (χ1) is 10.3. The van der Waals surface area contributed by atoms with Gasteiger partial charge in [-0.2, -0.15) is 0 Å². The summed E-state index contributed by atoms with van der Waals surface area (Å²) in [5.74, 6) is -1.10. The number of aliphatic hydroxyl groups is 3. The number of fused-ring (bicyclic) bond motifs is 1. The van der Waals surface area contributed by atoms with Crippen LogP contribution in [0.25, 0.3) is 11.2 Å². The second kappa shape index (κ2) is 6.87. The van der Waals surface area contributed by atoms with Crippen molar-refractivity contribution in [2.24, 2.45) is 5.92 Å². The molecule has 2 aromatic rings. The summed E-state index contributed by atoms with van der Waals surface area (Å²) in [7, 11) is 0. The maximum atomic E-state index is 9.17. The standard InChI is InChI=1S/C11H13ClN4O.C3H8O2/c12-10-9-11(14-5-13-10)16(6-15-9)8-2-1-7(3-8)4-17;1-3(2,4)5/h5-8,17H,1-4H2;4-5H,1-2H3. The van der Waals surface area contributed by atoms with E-state index >= 15 is 0 Å². The molecule has 2 heterocycles. The first kappa shape index (κ1) is 17.1. The third kappa shape index (κ3) is 4.36. The molecule has 8 heteroatoms. The van der Waals surface area contributed by atoms with E-state index < -0.39 is 5.79 Å². The van der Waals surface area contributed by atoms with Crippen LogP contribution in [0.1, 0.15) is 39.2 Å². The Morgan fingerprint density at radius 2 is 1.95 bits per heavy atom. The van der Waals surface area contributed by atoms with E-state index in [1.165, 1.54) is 20.2 Å². The molecule has 3 N–H and O–H groups in total. The molecule has 1 saturated carbocycles. The number of hydrogen-bond donors (Lipinski definition) is 3. The zero-order valence-corrected chi connectivity index (χ0v) is 13.4. The average Bonchev–Trinajstić information content (AvgIpc) is 3.02. The molecule has 22 heavy (non-hydrogen) atoms. The number of nitrogens with zero attached hydrogens (tertiary/aromatic N) is 4. The predicted molar refractivity (Wildman–Crippen MR) is 82.3 cm³/mol. The van der Waals surface area contributed by atoms with Crippen molar-refractivity contribution in [3.63, 3.8) is 0 Å². The summed E-state index contributed by atoms with van der Waals surface area (Å²) in [6, 6.07) is 0.364. The van der Waals surface area contributed by atoms with Crippen molar-refractivity contribution < 1.29 is 15.3 Å². The molecule has 1 aliphatic rings. The van der Waals surface area contributed by atoms with Crippen LogP contribution in [-0.2, 0) is 0 Å². The van der Waals surface area contributed by atoms with Crippen molar-refractivity contribution in [3.8, 4) is 0 Å². The van der Waals surface area contributed by atoms with Crippen LogP contribution in [0.2, 0.25) is 5.15 Å². The lowest BCUT2D eigenvalue weighted by atomic mass is 10.1. The molecule has 1 fully saturated rings. The molecule has 2 atom stereocenters. The monoisotopic (exact) mass is 328 g/mol. The summed E-state index contributed by atoms with van der Waals surface area (Å²) in [4.78, 5) is 12.4. The Kier molecular flexibility index (Phi) is 5.33. The van der Waals surface area contributed by atoms with Crippen molar-refractivity contribution in [1.29, 1.82) is 0 Å². The van der Waals surface area contributed by atoms with Crippen molar-refractivity contribution >= 4 is 22.8 Å². The molecule has 0 saturated heterocycles. The van der Waals surface area contributed by atoms with Crippen LogP contribution in [0.15, 0.2) is 12.7 Å². The molecule has 7 nitrogen and oxygen atoms in total. The Bertz CT molecular complexity index is 620. The lowest BCUT2D eigenvalue weighted by molar-refractivity contribution is -0.127. The number of aliphatic hydroxyl groups excluding tert-OH is 1.